The fourth-order valence-electron chi connectivity index (χ4n) is 1.10. The van der Waals surface area contributed by atoms with E-state index in [2.05, 4.69) is 0 Å². The molecule has 0 N–H and O–H groups in total. The van der Waals surface area contributed by atoms with Gasteiger partial charge in [-0.3, -0.25) is 4.79 Å². The molecule has 0 aliphatic heterocycles. The summed E-state index contributed by atoms with van der Waals surface area (Å²) in [5, 5.41) is -0.469. The Morgan fingerprint density at radius 1 is 1.16 bits per heavy atom. The van der Waals surface area contributed by atoms with Gasteiger partial charge in [0.05, 0.1) is 0 Å². The highest BCUT2D eigenvalue weighted by Crippen LogP contribution is 2.43. The van der Waals surface area contributed by atoms with Gasteiger partial charge in [0, 0.05) is 25.0 Å². The molecule has 0 aromatic heterocycles. The van der Waals surface area contributed by atoms with Crippen molar-refractivity contribution in [2.75, 3.05) is 5.75 Å². The molecule has 1 unspecified atom stereocenters. The van der Waals surface area contributed by atoms with Crippen molar-refractivity contribution in [2.24, 2.45) is 0 Å². The molecule has 19 heavy (non-hydrogen) atoms. The summed E-state index contributed by atoms with van der Waals surface area (Å²) >= 11 is 0.422. The molecule has 0 heterocycles. The SMILES string of the molecule is CCC(=O)SCCC(F)(F)C(F)(F)C(F)CC(F)F. The molecule has 0 saturated heterocycles. The first-order valence-electron chi connectivity index (χ1n) is 5.38. The highest BCUT2D eigenvalue weighted by Gasteiger charge is 2.61. The van der Waals surface area contributed by atoms with Gasteiger partial charge in [0.1, 0.15) is 0 Å². The second-order valence-corrected chi connectivity index (χ2v) is 4.90. The van der Waals surface area contributed by atoms with Crippen molar-refractivity contribution in [3.05, 3.63) is 0 Å². The summed E-state index contributed by atoms with van der Waals surface area (Å²) in [6.45, 7) is 1.46. The molecule has 0 radical (unpaired) electrons. The molecule has 0 aliphatic rings. The van der Waals surface area contributed by atoms with Crippen LogP contribution in [0.2, 0.25) is 0 Å². The van der Waals surface area contributed by atoms with E-state index in [-0.39, 0.29) is 6.42 Å². The first-order valence-corrected chi connectivity index (χ1v) is 6.36. The molecular formula is C10H13F7OS. The van der Waals surface area contributed by atoms with Crippen molar-refractivity contribution in [3.63, 3.8) is 0 Å². The topological polar surface area (TPSA) is 17.1 Å². The highest BCUT2D eigenvalue weighted by molar-refractivity contribution is 8.13. The van der Waals surface area contributed by atoms with Crippen molar-refractivity contribution in [2.45, 2.75) is 50.6 Å². The van der Waals surface area contributed by atoms with Crippen molar-refractivity contribution < 1.29 is 35.5 Å². The van der Waals surface area contributed by atoms with Gasteiger partial charge >= 0.3 is 11.8 Å². The maximum Gasteiger partial charge on any atom is 0.340 e. The highest BCUT2D eigenvalue weighted by atomic mass is 32.2. The van der Waals surface area contributed by atoms with Crippen LogP contribution in [0.1, 0.15) is 26.2 Å². The summed E-state index contributed by atoms with van der Waals surface area (Å²) in [7, 11) is 0. The fourth-order valence-corrected chi connectivity index (χ4v) is 1.89. The summed E-state index contributed by atoms with van der Waals surface area (Å²) in [4.78, 5) is 10.8. The van der Waals surface area contributed by atoms with Crippen molar-refractivity contribution >= 4 is 16.9 Å². The first-order chi connectivity index (χ1) is 8.54. The number of thioether (sulfide) groups is 1. The predicted molar refractivity (Wildman–Crippen MR) is 57.8 cm³/mol. The zero-order valence-electron chi connectivity index (χ0n) is 9.95. The van der Waals surface area contributed by atoms with Crippen LogP contribution < -0.4 is 0 Å². The van der Waals surface area contributed by atoms with Crippen LogP contribution in [0.15, 0.2) is 0 Å². The third-order valence-corrected chi connectivity index (χ3v) is 3.25. The minimum Gasteiger partial charge on any atom is -0.287 e. The Bertz CT molecular complexity index is 296. The summed E-state index contributed by atoms with van der Waals surface area (Å²) in [6.07, 6.45) is -10.4. The summed E-state index contributed by atoms with van der Waals surface area (Å²) in [5.41, 5.74) is 0. The van der Waals surface area contributed by atoms with Crippen LogP contribution in [0.25, 0.3) is 0 Å². The second-order valence-electron chi connectivity index (χ2n) is 3.75. The van der Waals surface area contributed by atoms with E-state index in [1.807, 2.05) is 0 Å². The maximum atomic E-state index is 13.1. The average molecular weight is 314 g/mol. The number of alkyl halides is 7. The lowest BCUT2D eigenvalue weighted by Gasteiger charge is -2.28. The van der Waals surface area contributed by atoms with E-state index in [0.29, 0.717) is 11.8 Å². The fraction of sp³-hybridized carbons (Fsp3) is 0.900. The van der Waals surface area contributed by atoms with E-state index in [4.69, 9.17) is 0 Å². The Balaban J connectivity index is 4.54. The number of carbonyl (C=O) groups excluding carboxylic acids is 1. The molecule has 0 amide bonds. The molecule has 0 saturated carbocycles. The van der Waals surface area contributed by atoms with Gasteiger partial charge in [-0.2, -0.15) is 17.6 Å². The molecule has 1 atom stereocenters. The van der Waals surface area contributed by atoms with Gasteiger partial charge in [0.2, 0.25) is 6.43 Å². The van der Waals surface area contributed by atoms with E-state index in [1.54, 1.807) is 0 Å². The van der Waals surface area contributed by atoms with E-state index in [1.165, 1.54) is 6.92 Å². The third kappa shape index (κ3) is 5.58. The van der Waals surface area contributed by atoms with Crippen LogP contribution in [0.4, 0.5) is 30.7 Å². The molecule has 0 fully saturated rings. The van der Waals surface area contributed by atoms with E-state index in [9.17, 15) is 35.5 Å². The molecule has 0 bridgehead atoms. The van der Waals surface area contributed by atoms with E-state index < -0.39 is 48.2 Å². The van der Waals surface area contributed by atoms with Crippen molar-refractivity contribution in [1.82, 2.24) is 0 Å². The van der Waals surface area contributed by atoms with Crippen LogP contribution in [-0.4, -0.2) is 35.3 Å². The lowest BCUT2D eigenvalue weighted by molar-refractivity contribution is -0.243. The number of hydrogen-bond donors (Lipinski definition) is 0. The number of hydrogen-bond acceptors (Lipinski definition) is 2. The van der Waals surface area contributed by atoms with Crippen molar-refractivity contribution in [1.29, 1.82) is 0 Å². The first kappa shape index (κ1) is 18.5. The van der Waals surface area contributed by atoms with Crippen LogP contribution in [0.3, 0.4) is 0 Å². The maximum absolute atomic E-state index is 13.1. The molecular weight excluding hydrogens is 301 g/mol. The molecule has 0 aliphatic carbocycles. The minimum atomic E-state index is -5.18. The monoisotopic (exact) mass is 314 g/mol. The summed E-state index contributed by atoms with van der Waals surface area (Å²) in [6, 6.07) is 0. The Morgan fingerprint density at radius 2 is 1.68 bits per heavy atom. The lowest BCUT2D eigenvalue weighted by Crippen LogP contribution is -2.48. The molecule has 1 nitrogen and oxygen atoms in total. The van der Waals surface area contributed by atoms with Crippen LogP contribution in [0.5, 0.6) is 0 Å². The van der Waals surface area contributed by atoms with Gasteiger partial charge in [-0.15, -0.1) is 0 Å². The van der Waals surface area contributed by atoms with Gasteiger partial charge in [-0.25, -0.2) is 13.2 Å². The Kier molecular flexibility index (Phi) is 7.17. The largest absolute Gasteiger partial charge is 0.340 e. The van der Waals surface area contributed by atoms with Crippen molar-refractivity contribution in [3.8, 4) is 0 Å². The number of rotatable bonds is 8. The van der Waals surface area contributed by atoms with Gasteiger partial charge in [-0.1, -0.05) is 18.7 Å². The molecule has 0 aromatic rings. The van der Waals surface area contributed by atoms with E-state index in [0.717, 1.165) is 0 Å². The van der Waals surface area contributed by atoms with Gasteiger partial charge < -0.3 is 0 Å². The second kappa shape index (κ2) is 7.35. The Morgan fingerprint density at radius 3 is 2.11 bits per heavy atom. The Hall–Kier alpha value is -0.470. The zero-order chi connectivity index (χ0) is 15.3. The summed E-state index contributed by atoms with van der Waals surface area (Å²) < 4.78 is 88.5. The number of carbonyl (C=O) groups is 1. The number of halogens is 7. The molecule has 114 valence electrons. The lowest BCUT2D eigenvalue weighted by atomic mass is 10.0. The average Bonchev–Trinajstić information content (AvgIpc) is 2.27. The van der Waals surface area contributed by atoms with Gasteiger partial charge in [-0.05, 0) is 0 Å². The molecule has 0 spiro atoms. The standard InChI is InChI=1S/C10H13F7OS/c1-2-8(18)19-4-3-9(14,15)10(16,17)6(11)5-7(12)13/h6-7H,2-5H2,1H3. The Labute approximate surface area is 109 Å². The molecule has 0 rings (SSSR count). The smallest absolute Gasteiger partial charge is 0.287 e. The van der Waals surface area contributed by atoms with Crippen LogP contribution in [-0.2, 0) is 4.79 Å². The third-order valence-electron chi connectivity index (χ3n) is 2.23. The quantitative estimate of drug-likeness (QED) is 0.621. The van der Waals surface area contributed by atoms with Gasteiger partial charge in [0.25, 0.3) is 0 Å². The van der Waals surface area contributed by atoms with E-state index >= 15 is 0 Å². The minimum absolute atomic E-state index is 0.0454. The molecule has 0 aromatic carbocycles. The van der Waals surface area contributed by atoms with Crippen LogP contribution in [0, 0.1) is 0 Å². The summed E-state index contributed by atoms with van der Waals surface area (Å²) in [5.74, 6) is -10.6. The molecule has 9 heteroatoms. The van der Waals surface area contributed by atoms with Gasteiger partial charge in [0.15, 0.2) is 11.3 Å². The zero-order valence-corrected chi connectivity index (χ0v) is 10.8. The normalized spacial score (nSPS) is 14.8. The predicted octanol–water partition coefficient (Wildman–Crippen LogP) is 4.31. The van der Waals surface area contributed by atoms with Crippen LogP contribution >= 0.6 is 11.8 Å².